The minimum atomic E-state index is -2.76. The van der Waals surface area contributed by atoms with Crippen molar-refractivity contribution >= 4 is 68.2 Å². The Morgan fingerprint density at radius 3 is 2.53 bits per heavy atom. The first-order valence-corrected chi connectivity index (χ1v) is 16.8. The number of ether oxygens (including phenoxy) is 2. The van der Waals surface area contributed by atoms with E-state index in [0.29, 0.717) is 62.9 Å². The van der Waals surface area contributed by atoms with Gasteiger partial charge in [0.25, 0.3) is 0 Å². The summed E-state index contributed by atoms with van der Waals surface area (Å²) in [5, 5.41) is 11.6. The lowest BCUT2D eigenvalue weighted by Crippen LogP contribution is -2.22. The van der Waals surface area contributed by atoms with Crippen LogP contribution in [0, 0.1) is 0 Å². The molecular weight excluding hydrogens is 633 g/mol. The normalized spacial score (nSPS) is 11.5. The summed E-state index contributed by atoms with van der Waals surface area (Å²) >= 11 is 3.55. The fourth-order valence-electron chi connectivity index (χ4n) is 4.72. The van der Waals surface area contributed by atoms with Crippen LogP contribution in [0.5, 0.6) is 5.75 Å². The molecule has 0 amide bonds. The maximum Gasteiger partial charge on any atom is 0.229 e. The van der Waals surface area contributed by atoms with E-state index in [-0.39, 0.29) is 0 Å². The average Bonchev–Trinajstić information content (AvgIpc) is 3.42. The first kappa shape index (κ1) is 30.4. The van der Waals surface area contributed by atoms with Gasteiger partial charge in [0, 0.05) is 75.4 Å². The first-order chi connectivity index (χ1) is 20.6. The lowest BCUT2D eigenvalue weighted by molar-refractivity contribution is 0.206. The zero-order valence-corrected chi connectivity index (χ0v) is 27.3. The third kappa shape index (κ3) is 6.64. The lowest BCUT2D eigenvalue weighted by Gasteiger charge is -2.24. The molecule has 0 aliphatic carbocycles. The third-order valence-corrected chi connectivity index (χ3v) is 8.88. The Labute approximate surface area is 258 Å². The lowest BCUT2D eigenvalue weighted by atomic mass is 10.0. The molecule has 0 radical (unpaired) electrons. The predicted molar refractivity (Wildman–Crippen MR) is 175 cm³/mol. The van der Waals surface area contributed by atoms with Crippen molar-refractivity contribution in [3.05, 3.63) is 59.7 Å². The number of nitrogens with zero attached hydrogens (tertiary/aromatic N) is 7. The summed E-state index contributed by atoms with van der Waals surface area (Å²) < 4.78 is 26.9. The maximum absolute atomic E-state index is 13.4. The van der Waals surface area contributed by atoms with E-state index in [1.54, 1.807) is 50.8 Å². The van der Waals surface area contributed by atoms with Crippen LogP contribution in [0.2, 0.25) is 0 Å². The molecular formula is C29H33BrN9O3P. The molecule has 2 aromatic carbocycles. The van der Waals surface area contributed by atoms with E-state index in [9.17, 15) is 4.57 Å². The zero-order chi connectivity index (χ0) is 30.7. The second-order valence-electron chi connectivity index (χ2n) is 10.3. The molecule has 3 heterocycles. The largest absolute Gasteiger partial charge is 0.494 e. The summed E-state index contributed by atoms with van der Waals surface area (Å²) in [6.45, 7) is 4.69. The fourth-order valence-corrected chi connectivity index (χ4v) is 6.41. The summed E-state index contributed by atoms with van der Waals surface area (Å²) in [4.78, 5) is 20.2. The van der Waals surface area contributed by atoms with Crippen molar-refractivity contribution < 1.29 is 14.0 Å². The second-order valence-corrected chi connectivity index (χ2v) is 14.3. The Morgan fingerprint density at radius 1 is 1.05 bits per heavy atom. The second kappa shape index (κ2) is 12.7. The van der Waals surface area contributed by atoms with Gasteiger partial charge in [-0.15, -0.1) is 0 Å². The summed E-state index contributed by atoms with van der Waals surface area (Å²) in [6, 6.07) is 7.65. The molecule has 0 aliphatic rings. The Hall–Kier alpha value is -4.06. The summed E-state index contributed by atoms with van der Waals surface area (Å²) in [5.41, 5.74) is 5.42. The molecule has 5 aromatic rings. The van der Waals surface area contributed by atoms with Crippen LogP contribution < -0.4 is 25.6 Å². The molecule has 14 heteroatoms. The monoisotopic (exact) mass is 665 g/mol. The highest BCUT2D eigenvalue weighted by molar-refractivity contribution is 9.10. The molecule has 0 fully saturated rings. The van der Waals surface area contributed by atoms with E-state index < -0.39 is 7.14 Å². The van der Waals surface area contributed by atoms with Gasteiger partial charge in [-0.05, 0) is 47.5 Å². The number of nitrogens with one attached hydrogen (secondary N) is 2. The Kier molecular flexibility index (Phi) is 8.95. The predicted octanol–water partition coefficient (Wildman–Crippen LogP) is 5.41. The molecule has 12 nitrogen and oxygen atoms in total. The Bertz CT molecular complexity index is 1830. The highest BCUT2D eigenvalue weighted by atomic mass is 79.9. The van der Waals surface area contributed by atoms with Crippen LogP contribution in [-0.4, -0.2) is 77.5 Å². The SMILES string of the molecule is COCCN(C)c1cc(OC)c(Nc2ncc(Br)c(Nc3ccc4nccnc4c3P(C)(C)=O)n2)cc1-c1cnn(C)c1. The van der Waals surface area contributed by atoms with Crippen molar-refractivity contribution in [1.29, 1.82) is 0 Å². The number of halogens is 1. The molecule has 0 spiro atoms. The summed E-state index contributed by atoms with van der Waals surface area (Å²) in [6.07, 6.45) is 8.65. The van der Waals surface area contributed by atoms with E-state index in [0.717, 1.165) is 16.8 Å². The van der Waals surface area contributed by atoms with E-state index in [2.05, 4.69) is 51.5 Å². The van der Waals surface area contributed by atoms with Crippen molar-refractivity contribution in [2.45, 2.75) is 0 Å². The Morgan fingerprint density at radius 2 is 1.84 bits per heavy atom. The van der Waals surface area contributed by atoms with Gasteiger partial charge in [0.1, 0.15) is 24.2 Å². The number of hydrogen-bond donors (Lipinski definition) is 2. The molecule has 0 atom stereocenters. The van der Waals surface area contributed by atoms with Crippen LogP contribution in [0.25, 0.3) is 22.2 Å². The van der Waals surface area contributed by atoms with Crippen molar-refractivity contribution in [3.8, 4) is 16.9 Å². The van der Waals surface area contributed by atoms with Gasteiger partial charge >= 0.3 is 0 Å². The molecule has 2 N–H and O–H groups in total. The highest BCUT2D eigenvalue weighted by Crippen LogP contribution is 2.42. The number of fused-ring (bicyclic) bond motifs is 1. The van der Waals surface area contributed by atoms with Gasteiger partial charge in [0.15, 0.2) is 0 Å². The average molecular weight is 667 g/mol. The van der Waals surface area contributed by atoms with E-state index >= 15 is 0 Å². The number of hydrogen-bond acceptors (Lipinski definition) is 11. The topological polar surface area (TPSA) is 132 Å². The molecule has 0 saturated carbocycles. The smallest absolute Gasteiger partial charge is 0.229 e. The molecule has 0 saturated heterocycles. The standard InChI is InChI=1S/C29H33BrN9O3P/c1-38(11-12-41-3)24-14-25(42-4)23(13-19(24)18-15-34-39(2)17-18)36-29-33-16-20(30)28(37-29)35-22-8-7-21-26(32-10-9-31-21)27(22)43(5,6)40/h7-10,13-17H,11-12H2,1-6H3,(H2,33,35,36,37). The van der Waals surface area contributed by atoms with E-state index in [4.69, 9.17) is 14.5 Å². The van der Waals surface area contributed by atoms with Crippen LogP contribution in [-0.2, 0) is 16.3 Å². The Balaban J connectivity index is 1.54. The fraction of sp³-hybridized carbons (Fsp3) is 0.276. The van der Waals surface area contributed by atoms with Gasteiger partial charge in [0.05, 0.1) is 46.6 Å². The molecule has 224 valence electrons. The van der Waals surface area contributed by atoms with E-state index in [1.165, 1.54) is 0 Å². The number of anilines is 5. The van der Waals surface area contributed by atoms with Crippen molar-refractivity contribution in [1.82, 2.24) is 29.7 Å². The maximum atomic E-state index is 13.4. The molecule has 0 unspecified atom stereocenters. The van der Waals surface area contributed by atoms with E-state index in [1.807, 2.05) is 50.8 Å². The third-order valence-electron chi connectivity index (χ3n) is 6.77. The minimum absolute atomic E-state index is 0.333. The molecule has 43 heavy (non-hydrogen) atoms. The quantitative estimate of drug-likeness (QED) is 0.176. The van der Waals surface area contributed by atoms with Gasteiger partial charge in [-0.2, -0.15) is 10.1 Å². The van der Waals surface area contributed by atoms with Crippen LogP contribution in [0.1, 0.15) is 0 Å². The summed E-state index contributed by atoms with van der Waals surface area (Å²) in [5.74, 6) is 1.43. The van der Waals surface area contributed by atoms with Gasteiger partial charge in [-0.25, -0.2) is 4.98 Å². The number of likely N-dealkylation sites (N-methyl/N-ethyl adjacent to an activating group) is 1. The van der Waals surface area contributed by atoms with Crippen LogP contribution in [0.3, 0.4) is 0 Å². The zero-order valence-electron chi connectivity index (χ0n) is 24.8. The molecule has 0 aliphatic heterocycles. The van der Waals surface area contributed by atoms with Crippen molar-refractivity contribution in [2.75, 3.05) is 63.3 Å². The minimum Gasteiger partial charge on any atom is -0.494 e. The first-order valence-electron chi connectivity index (χ1n) is 13.4. The number of rotatable bonds is 11. The van der Waals surface area contributed by atoms with Gasteiger partial charge < -0.3 is 29.6 Å². The van der Waals surface area contributed by atoms with Gasteiger partial charge in [-0.3, -0.25) is 14.6 Å². The molecule has 5 rings (SSSR count). The van der Waals surface area contributed by atoms with Crippen LogP contribution in [0.15, 0.2) is 59.7 Å². The van der Waals surface area contributed by atoms with Gasteiger partial charge in [0.2, 0.25) is 5.95 Å². The number of aromatic nitrogens is 6. The highest BCUT2D eigenvalue weighted by Gasteiger charge is 2.23. The van der Waals surface area contributed by atoms with Gasteiger partial charge in [-0.1, -0.05) is 0 Å². The van der Waals surface area contributed by atoms with Crippen molar-refractivity contribution in [3.63, 3.8) is 0 Å². The molecule has 0 bridgehead atoms. The van der Waals surface area contributed by atoms with Crippen LogP contribution in [0.4, 0.5) is 28.8 Å². The number of benzene rings is 2. The van der Waals surface area contributed by atoms with Crippen LogP contribution >= 0.6 is 23.1 Å². The summed E-state index contributed by atoms with van der Waals surface area (Å²) in [7, 11) is 4.44. The number of aryl methyl sites for hydroxylation is 1. The molecule has 3 aromatic heterocycles. The number of methoxy groups -OCH3 is 2. The van der Waals surface area contributed by atoms with Crippen molar-refractivity contribution in [2.24, 2.45) is 7.05 Å².